The van der Waals surface area contributed by atoms with Gasteiger partial charge in [0, 0.05) is 10.9 Å². The van der Waals surface area contributed by atoms with Gasteiger partial charge in [-0.3, -0.25) is 0 Å². The molecular weight excluding hydrogens is 226 g/mol. The predicted octanol–water partition coefficient (Wildman–Crippen LogP) is 3.64. The lowest BCUT2D eigenvalue weighted by molar-refractivity contribution is 0.571. The third kappa shape index (κ3) is 4.33. The number of hydrogen-bond donors (Lipinski definition) is 1. The molecule has 0 spiro atoms. The van der Waals surface area contributed by atoms with Crippen LogP contribution in [0.25, 0.3) is 0 Å². The van der Waals surface area contributed by atoms with Crippen molar-refractivity contribution in [1.82, 2.24) is 0 Å². The van der Waals surface area contributed by atoms with E-state index < -0.39 is 0 Å². The molecule has 1 aromatic carbocycles. The standard InChI is InChI=1S/C15H19NS/c16-14(10-11-15-7-4-12-17-15)9-8-13-5-2-1-3-6-13/h1-7,12,14H,8-11,16H2. The van der Waals surface area contributed by atoms with E-state index in [1.165, 1.54) is 10.4 Å². The van der Waals surface area contributed by atoms with Crippen molar-refractivity contribution in [1.29, 1.82) is 0 Å². The first-order chi connectivity index (χ1) is 8.34. The molecule has 90 valence electrons. The van der Waals surface area contributed by atoms with Gasteiger partial charge in [-0.1, -0.05) is 36.4 Å². The van der Waals surface area contributed by atoms with Crippen molar-refractivity contribution in [2.45, 2.75) is 31.7 Å². The van der Waals surface area contributed by atoms with Crippen LogP contribution in [0.2, 0.25) is 0 Å². The molecule has 2 heteroatoms. The Morgan fingerprint density at radius 1 is 0.941 bits per heavy atom. The second kappa shape index (κ2) is 6.58. The molecule has 0 saturated carbocycles. The largest absolute Gasteiger partial charge is 0.328 e. The maximum atomic E-state index is 6.14. The Bertz CT molecular complexity index is 408. The van der Waals surface area contributed by atoms with E-state index in [0.717, 1.165) is 25.7 Å². The van der Waals surface area contributed by atoms with E-state index in [4.69, 9.17) is 5.73 Å². The van der Waals surface area contributed by atoms with Crippen LogP contribution in [-0.4, -0.2) is 6.04 Å². The highest BCUT2D eigenvalue weighted by Gasteiger charge is 2.04. The van der Waals surface area contributed by atoms with Crippen LogP contribution in [0.4, 0.5) is 0 Å². The summed E-state index contributed by atoms with van der Waals surface area (Å²) in [4.78, 5) is 1.44. The minimum atomic E-state index is 0.317. The van der Waals surface area contributed by atoms with Crippen molar-refractivity contribution in [2.24, 2.45) is 5.73 Å². The quantitative estimate of drug-likeness (QED) is 0.826. The van der Waals surface area contributed by atoms with Gasteiger partial charge in [-0.2, -0.15) is 0 Å². The zero-order valence-electron chi connectivity index (χ0n) is 10.0. The van der Waals surface area contributed by atoms with E-state index in [1.54, 1.807) is 0 Å². The summed E-state index contributed by atoms with van der Waals surface area (Å²) in [5.74, 6) is 0. The minimum Gasteiger partial charge on any atom is -0.328 e. The summed E-state index contributed by atoms with van der Waals surface area (Å²) in [6, 6.07) is 15.2. The molecule has 17 heavy (non-hydrogen) atoms. The molecule has 2 rings (SSSR count). The Kier molecular flexibility index (Phi) is 4.77. The predicted molar refractivity (Wildman–Crippen MR) is 75.4 cm³/mol. The number of thiophene rings is 1. The lowest BCUT2D eigenvalue weighted by Crippen LogP contribution is -2.21. The van der Waals surface area contributed by atoms with Gasteiger partial charge in [-0.15, -0.1) is 11.3 Å². The fourth-order valence-corrected chi connectivity index (χ4v) is 2.65. The Hall–Kier alpha value is -1.12. The highest BCUT2D eigenvalue weighted by Crippen LogP contribution is 2.13. The molecule has 2 N–H and O–H groups in total. The molecule has 0 amide bonds. The van der Waals surface area contributed by atoms with Gasteiger partial charge >= 0.3 is 0 Å². The molecular formula is C15H19NS. The average molecular weight is 245 g/mol. The average Bonchev–Trinajstić information content (AvgIpc) is 2.88. The second-order valence-corrected chi connectivity index (χ2v) is 5.43. The van der Waals surface area contributed by atoms with E-state index in [2.05, 4.69) is 47.8 Å². The van der Waals surface area contributed by atoms with Crippen molar-refractivity contribution in [3.05, 3.63) is 58.3 Å². The first-order valence-electron chi connectivity index (χ1n) is 6.16. The van der Waals surface area contributed by atoms with Gasteiger partial charge in [0.05, 0.1) is 0 Å². The Morgan fingerprint density at radius 3 is 2.41 bits per heavy atom. The van der Waals surface area contributed by atoms with E-state index in [9.17, 15) is 0 Å². The van der Waals surface area contributed by atoms with Gasteiger partial charge in [0.2, 0.25) is 0 Å². The minimum absolute atomic E-state index is 0.317. The first-order valence-corrected chi connectivity index (χ1v) is 7.04. The summed E-state index contributed by atoms with van der Waals surface area (Å²) in [7, 11) is 0. The van der Waals surface area contributed by atoms with Crippen molar-refractivity contribution >= 4 is 11.3 Å². The SMILES string of the molecule is NC(CCc1ccccc1)CCc1cccs1. The highest BCUT2D eigenvalue weighted by molar-refractivity contribution is 7.09. The fraction of sp³-hybridized carbons (Fsp3) is 0.333. The van der Waals surface area contributed by atoms with Gasteiger partial charge in [0.1, 0.15) is 0 Å². The normalized spacial score (nSPS) is 12.5. The fourth-order valence-electron chi connectivity index (χ4n) is 1.92. The van der Waals surface area contributed by atoms with Crippen LogP contribution in [0.5, 0.6) is 0 Å². The van der Waals surface area contributed by atoms with Crippen molar-refractivity contribution in [2.75, 3.05) is 0 Å². The molecule has 0 bridgehead atoms. The molecule has 1 atom stereocenters. The molecule has 1 heterocycles. The van der Waals surface area contributed by atoms with Gasteiger partial charge in [0.25, 0.3) is 0 Å². The number of hydrogen-bond acceptors (Lipinski definition) is 2. The Balaban J connectivity index is 1.69. The third-order valence-corrected chi connectivity index (χ3v) is 3.92. The van der Waals surface area contributed by atoms with E-state index in [-0.39, 0.29) is 0 Å². The maximum Gasteiger partial charge on any atom is 0.00458 e. The van der Waals surface area contributed by atoms with Gasteiger partial charge in [0.15, 0.2) is 0 Å². The molecule has 1 unspecified atom stereocenters. The van der Waals surface area contributed by atoms with Crippen molar-refractivity contribution in [3.63, 3.8) is 0 Å². The van der Waals surface area contributed by atoms with Crippen molar-refractivity contribution < 1.29 is 0 Å². The third-order valence-electron chi connectivity index (χ3n) is 2.99. The summed E-state index contributed by atoms with van der Waals surface area (Å²) >= 11 is 1.82. The molecule has 0 fully saturated rings. The molecule has 0 radical (unpaired) electrons. The summed E-state index contributed by atoms with van der Waals surface area (Å²) in [6.45, 7) is 0. The van der Waals surface area contributed by atoms with E-state index in [0.29, 0.717) is 6.04 Å². The summed E-state index contributed by atoms with van der Waals surface area (Å²) < 4.78 is 0. The summed E-state index contributed by atoms with van der Waals surface area (Å²) in [6.07, 6.45) is 4.38. The first kappa shape index (κ1) is 12.3. The number of benzene rings is 1. The van der Waals surface area contributed by atoms with Crippen LogP contribution >= 0.6 is 11.3 Å². The molecule has 0 aliphatic carbocycles. The number of nitrogens with two attached hydrogens (primary N) is 1. The molecule has 2 aromatic rings. The molecule has 1 aromatic heterocycles. The summed E-state index contributed by atoms with van der Waals surface area (Å²) in [5, 5.41) is 2.13. The molecule has 1 nitrogen and oxygen atoms in total. The number of aryl methyl sites for hydroxylation is 2. The topological polar surface area (TPSA) is 26.0 Å². The van der Waals surface area contributed by atoms with Crippen LogP contribution in [0.15, 0.2) is 47.8 Å². The lowest BCUT2D eigenvalue weighted by atomic mass is 10.0. The van der Waals surface area contributed by atoms with E-state index in [1.807, 2.05) is 11.3 Å². The highest BCUT2D eigenvalue weighted by atomic mass is 32.1. The van der Waals surface area contributed by atoms with Gasteiger partial charge in [-0.05, 0) is 42.7 Å². The maximum absolute atomic E-state index is 6.14. The zero-order chi connectivity index (χ0) is 11.9. The summed E-state index contributed by atoms with van der Waals surface area (Å²) in [5.41, 5.74) is 7.53. The zero-order valence-corrected chi connectivity index (χ0v) is 10.8. The monoisotopic (exact) mass is 245 g/mol. The number of rotatable bonds is 6. The van der Waals surface area contributed by atoms with Crippen LogP contribution in [-0.2, 0) is 12.8 Å². The molecule has 0 aliphatic rings. The Morgan fingerprint density at radius 2 is 1.71 bits per heavy atom. The van der Waals surface area contributed by atoms with Crippen LogP contribution in [0.3, 0.4) is 0 Å². The van der Waals surface area contributed by atoms with Crippen molar-refractivity contribution in [3.8, 4) is 0 Å². The van der Waals surface area contributed by atoms with Gasteiger partial charge < -0.3 is 5.73 Å². The second-order valence-electron chi connectivity index (χ2n) is 4.40. The lowest BCUT2D eigenvalue weighted by Gasteiger charge is -2.10. The Labute approximate surface area is 107 Å². The molecule has 0 aliphatic heterocycles. The smallest absolute Gasteiger partial charge is 0.00458 e. The van der Waals surface area contributed by atoms with Crippen LogP contribution in [0.1, 0.15) is 23.3 Å². The van der Waals surface area contributed by atoms with Gasteiger partial charge in [-0.25, -0.2) is 0 Å². The van der Waals surface area contributed by atoms with Crippen LogP contribution < -0.4 is 5.73 Å². The molecule has 0 saturated heterocycles. The van der Waals surface area contributed by atoms with Crippen LogP contribution in [0, 0.1) is 0 Å². The van der Waals surface area contributed by atoms with E-state index >= 15 is 0 Å².